The molecule has 0 N–H and O–H groups in total. The highest BCUT2D eigenvalue weighted by atomic mass is 16.5. The minimum Gasteiger partial charge on any atom is -0.458 e. The Morgan fingerprint density at radius 2 is 2.00 bits per heavy atom. The molecule has 0 bridgehead atoms. The van der Waals surface area contributed by atoms with Gasteiger partial charge in [0.1, 0.15) is 5.82 Å². The summed E-state index contributed by atoms with van der Waals surface area (Å²) >= 11 is 0. The smallest absolute Gasteiger partial charge is 0.357 e. The van der Waals surface area contributed by atoms with E-state index in [2.05, 4.69) is 23.4 Å². The third-order valence-corrected chi connectivity index (χ3v) is 3.19. The number of rotatable bonds is 3. The molecule has 0 unspecified atom stereocenters. The van der Waals surface area contributed by atoms with E-state index in [0.29, 0.717) is 5.69 Å². The molecule has 4 heteroatoms. The lowest BCUT2D eigenvalue weighted by molar-refractivity contribution is 0.0362. The van der Waals surface area contributed by atoms with Crippen LogP contribution in [-0.4, -0.2) is 21.6 Å². The Balaban J connectivity index is 2.42. The highest BCUT2D eigenvalue weighted by Gasteiger charge is 2.27. The first kappa shape index (κ1) is 13.1. The van der Waals surface area contributed by atoms with Crippen LogP contribution in [-0.2, 0) is 17.7 Å². The number of fused-ring (bicyclic) bond motifs is 1. The Morgan fingerprint density at radius 3 is 2.61 bits per heavy atom. The standard InChI is InChI=1S/C14H22N2O2/c1-9(2)12-13(14(17)18-10(3)4)16-8-6-5-7-11(16)15-12/h9-10H,5-8H2,1-4H3. The van der Waals surface area contributed by atoms with Crippen molar-refractivity contribution in [1.29, 1.82) is 0 Å². The summed E-state index contributed by atoms with van der Waals surface area (Å²) in [6, 6.07) is 0. The number of esters is 1. The van der Waals surface area contributed by atoms with E-state index >= 15 is 0 Å². The van der Waals surface area contributed by atoms with Crippen LogP contribution in [0.5, 0.6) is 0 Å². The lowest BCUT2D eigenvalue weighted by Crippen LogP contribution is -2.20. The van der Waals surface area contributed by atoms with Crippen molar-refractivity contribution in [2.75, 3.05) is 0 Å². The van der Waals surface area contributed by atoms with Crippen LogP contribution >= 0.6 is 0 Å². The van der Waals surface area contributed by atoms with Gasteiger partial charge >= 0.3 is 5.97 Å². The van der Waals surface area contributed by atoms with Gasteiger partial charge in [-0.05, 0) is 32.6 Å². The Labute approximate surface area is 108 Å². The maximum Gasteiger partial charge on any atom is 0.357 e. The number of hydrogen-bond donors (Lipinski definition) is 0. The summed E-state index contributed by atoms with van der Waals surface area (Å²) in [6.45, 7) is 8.78. The van der Waals surface area contributed by atoms with Crippen molar-refractivity contribution in [2.45, 2.75) is 65.5 Å². The Morgan fingerprint density at radius 1 is 1.28 bits per heavy atom. The molecule has 0 atom stereocenters. The summed E-state index contributed by atoms with van der Waals surface area (Å²) < 4.78 is 7.41. The zero-order valence-electron chi connectivity index (χ0n) is 11.7. The van der Waals surface area contributed by atoms with Gasteiger partial charge in [0.05, 0.1) is 11.8 Å². The molecule has 1 aliphatic heterocycles. The molecule has 0 aromatic carbocycles. The fourth-order valence-corrected chi connectivity index (χ4v) is 2.39. The number of carbonyl (C=O) groups is 1. The lowest BCUT2D eigenvalue weighted by atomic mass is 10.1. The highest BCUT2D eigenvalue weighted by Crippen LogP contribution is 2.25. The summed E-state index contributed by atoms with van der Waals surface area (Å²) in [6.07, 6.45) is 3.15. The molecule has 0 fully saturated rings. The molecule has 0 spiro atoms. The molecule has 0 radical (unpaired) electrons. The Hall–Kier alpha value is -1.32. The van der Waals surface area contributed by atoms with Gasteiger partial charge in [0.25, 0.3) is 0 Å². The maximum atomic E-state index is 12.2. The average Bonchev–Trinajstić information content (AvgIpc) is 2.67. The highest BCUT2D eigenvalue weighted by molar-refractivity contribution is 5.89. The molecule has 1 aromatic rings. The van der Waals surface area contributed by atoms with E-state index in [1.807, 2.05) is 13.8 Å². The van der Waals surface area contributed by atoms with E-state index in [-0.39, 0.29) is 18.0 Å². The molecule has 0 amide bonds. The minimum atomic E-state index is -0.227. The monoisotopic (exact) mass is 250 g/mol. The summed E-state index contributed by atoms with van der Waals surface area (Å²) in [5, 5.41) is 0. The third kappa shape index (κ3) is 2.42. The molecule has 1 aromatic heterocycles. The van der Waals surface area contributed by atoms with Gasteiger partial charge in [0.15, 0.2) is 5.69 Å². The second-order valence-corrected chi connectivity index (χ2v) is 5.48. The van der Waals surface area contributed by atoms with Crippen LogP contribution < -0.4 is 0 Å². The molecule has 2 rings (SSSR count). The van der Waals surface area contributed by atoms with E-state index in [4.69, 9.17) is 4.74 Å². The van der Waals surface area contributed by atoms with Crippen LogP contribution in [0.15, 0.2) is 0 Å². The van der Waals surface area contributed by atoms with Gasteiger partial charge in [-0.25, -0.2) is 9.78 Å². The maximum absolute atomic E-state index is 12.2. The van der Waals surface area contributed by atoms with E-state index < -0.39 is 0 Å². The van der Waals surface area contributed by atoms with Crippen molar-refractivity contribution in [1.82, 2.24) is 9.55 Å². The second kappa shape index (κ2) is 5.12. The largest absolute Gasteiger partial charge is 0.458 e. The SMILES string of the molecule is CC(C)OC(=O)c1c(C(C)C)nc2n1CCCC2. The molecule has 2 heterocycles. The molecular formula is C14H22N2O2. The van der Waals surface area contributed by atoms with Crippen LogP contribution in [0.2, 0.25) is 0 Å². The molecule has 100 valence electrons. The van der Waals surface area contributed by atoms with Gasteiger partial charge in [-0.2, -0.15) is 0 Å². The molecule has 0 saturated carbocycles. The number of imidazole rings is 1. The van der Waals surface area contributed by atoms with E-state index in [1.54, 1.807) is 0 Å². The zero-order valence-corrected chi connectivity index (χ0v) is 11.7. The Bertz CT molecular complexity index is 447. The molecule has 0 saturated heterocycles. The van der Waals surface area contributed by atoms with Gasteiger partial charge in [-0.3, -0.25) is 0 Å². The summed E-state index contributed by atoms with van der Waals surface area (Å²) in [7, 11) is 0. The second-order valence-electron chi connectivity index (χ2n) is 5.48. The lowest BCUT2D eigenvalue weighted by Gasteiger charge is -2.17. The Kier molecular flexibility index (Phi) is 3.73. The molecule has 0 aliphatic carbocycles. The number of aryl methyl sites for hydroxylation is 1. The normalized spacial score (nSPS) is 15.0. The zero-order chi connectivity index (χ0) is 13.3. The van der Waals surface area contributed by atoms with E-state index in [1.165, 1.54) is 0 Å². The van der Waals surface area contributed by atoms with Gasteiger partial charge in [0.2, 0.25) is 0 Å². The number of carbonyl (C=O) groups excluding carboxylic acids is 1. The van der Waals surface area contributed by atoms with Crippen molar-refractivity contribution < 1.29 is 9.53 Å². The number of hydrogen-bond acceptors (Lipinski definition) is 3. The van der Waals surface area contributed by atoms with Crippen LogP contribution in [0.25, 0.3) is 0 Å². The van der Waals surface area contributed by atoms with Crippen LogP contribution in [0.1, 0.15) is 68.5 Å². The van der Waals surface area contributed by atoms with Crippen molar-refractivity contribution in [3.05, 3.63) is 17.2 Å². The average molecular weight is 250 g/mol. The van der Waals surface area contributed by atoms with Crippen LogP contribution in [0, 0.1) is 0 Å². The predicted molar refractivity (Wildman–Crippen MR) is 69.8 cm³/mol. The first-order chi connectivity index (χ1) is 8.50. The third-order valence-electron chi connectivity index (χ3n) is 3.19. The molecule has 1 aliphatic rings. The topological polar surface area (TPSA) is 44.1 Å². The van der Waals surface area contributed by atoms with Crippen molar-refractivity contribution in [2.24, 2.45) is 0 Å². The number of ether oxygens (including phenoxy) is 1. The first-order valence-electron chi connectivity index (χ1n) is 6.81. The van der Waals surface area contributed by atoms with Crippen molar-refractivity contribution in [3.8, 4) is 0 Å². The quantitative estimate of drug-likeness (QED) is 0.775. The van der Waals surface area contributed by atoms with Gasteiger partial charge in [-0.1, -0.05) is 13.8 Å². The van der Waals surface area contributed by atoms with Gasteiger partial charge in [-0.15, -0.1) is 0 Å². The van der Waals surface area contributed by atoms with Crippen LogP contribution in [0.3, 0.4) is 0 Å². The molecule has 18 heavy (non-hydrogen) atoms. The fraction of sp³-hybridized carbons (Fsp3) is 0.714. The van der Waals surface area contributed by atoms with Crippen LogP contribution in [0.4, 0.5) is 0 Å². The van der Waals surface area contributed by atoms with Gasteiger partial charge < -0.3 is 9.30 Å². The molecular weight excluding hydrogens is 228 g/mol. The summed E-state index contributed by atoms with van der Waals surface area (Å²) in [4.78, 5) is 16.9. The fourth-order valence-electron chi connectivity index (χ4n) is 2.39. The molecule has 4 nitrogen and oxygen atoms in total. The first-order valence-corrected chi connectivity index (χ1v) is 6.81. The van der Waals surface area contributed by atoms with Gasteiger partial charge in [0, 0.05) is 13.0 Å². The van der Waals surface area contributed by atoms with E-state index in [0.717, 1.165) is 37.3 Å². The van der Waals surface area contributed by atoms with Crippen molar-refractivity contribution >= 4 is 5.97 Å². The summed E-state index contributed by atoms with van der Waals surface area (Å²) in [5.41, 5.74) is 1.56. The van der Waals surface area contributed by atoms with E-state index in [9.17, 15) is 4.79 Å². The number of nitrogens with zero attached hydrogens (tertiary/aromatic N) is 2. The predicted octanol–water partition coefficient (Wildman–Crippen LogP) is 2.91. The summed E-state index contributed by atoms with van der Waals surface area (Å²) in [5.74, 6) is 1.06. The number of aromatic nitrogens is 2. The minimum absolute atomic E-state index is 0.0905. The van der Waals surface area contributed by atoms with Crippen molar-refractivity contribution in [3.63, 3.8) is 0 Å².